The Hall–Kier alpha value is -4.96. The van der Waals surface area contributed by atoms with Crippen LogP contribution in [-0.2, 0) is 5.41 Å². The maximum Gasteiger partial charge on any atom is 0.209 e. The van der Waals surface area contributed by atoms with Crippen LogP contribution in [0.4, 0.5) is 17.3 Å². The summed E-state index contributed by atoms with van der Waals surface area (Å²) in [4.78, 5) is 28.8. The molecule has 0 atom stereocenters. The zero-order valence-corrected chi connectivity index (χ0v) is 27.2. The Kier molecular flexibility index (Phi) is 6.42. The molecule has 0 amide bonds. The largest absolute Gasteiger partial charge is 0.440 e. The van der Waals surface area contributed by atoms with Crippen molar-refractivity contribution in [2.75, 3.05) is 4.90 Å². The SMILES string of the molecule is Cc1cc(C)c(-c2ccc3c(c2)C(C)(C)c2cc(C=C4C(=O)c5ccccc5C4=O)oc2N3c2c(C)cc(C)cc2C)c(C)c1. The van der Waals surface area contributed by atoms with Crippen LogP contribution in [0.1, 0.15) is 84.8 Å². The lowest BCUT2D eigenvalue weighted by molar-refractivity contribution is 0.0990. The van der Waals surface area contributed by atoms with Crippen molar-refractivity contribution in [2.24, 2.45) is 0 Å². The molecule has 2 heterocycles. The van der Waals surface area contributed by atoms with Crippen LogP contribution in [0.5, 0.6) is 0 Å². The number of furan rings is 1. The van der Waals surface area contributed by atoms with Crippen molar-refractivity contribution < 1.29 is 14.0 Å². The fraction of sp³-hybridized carbons (Fsp3) is 0.220. The summed E-state index contributed by atoms with van der Waals surface area (Å²) >= 11 is 0. The molecular weight excluding hydrogens is 554 g/mol. The van der Waals surface area contributed by atoms with E-state index in [0.717, 1.165) is 28.1 Å². The molecule has 1 aromatic heterocycles. The first-order valence-electron chi connectivity index (χ1n) is 15.5. The minimum atomic E-state index is -0.427. The predicted octanol–water partition coefficient (Wildman–Crippen LogP) is 10.4. The number of carbonyl (C=O) groups is 2. The number of Topliss-reactive ketones (excluding diaryl/α,β-unsaturated/α-hetero) is 2. The Morgan fingerprint density at radius 3 is 1.80 bits per heavy atom. The lowest BCUT2D eigenvalue weighted by Crippen LogP contribution is -2.30. The van der Waals surface area contributed by atoms with E-state index in [9.17, 15) is 9.59 Å². The number of aryl methyl sites for hydroxylation is 6. The quantitative estimate of drug-likeness (QED) is 0.155. The zero-order chi connectivity index (χ0) is 31.9. The van der Waals surface area contributed by atoms with Crippen LogP contribution < -0.4 is 4.90 Å². The van der Waals surface area contributed by atoms with Crippen LogP contribution in [-0.4, -0.2) is 11.6 Å². The van der Waals surface area contributed by atoms with E-state index >= 15 is 0 Å². The van der Waals surface area contributed by atoms with E-state index in [-0.39, 0.29) is 17.1 Å². The van der Waals surface area contributed by atoms with Crippen molar-refractivity contribution in [3.05, 3.63) is 140 Å². The molecule has 4 heteroatoms. The average Bonchev–Trinajstić information content (AvgIpc) is 3.50. The number of carbonyl (C=O) groups excluding carboxylic acids is 2. The van der Waals surface area contributed by atoms with Gasteiger partial charge < -0.3 is 4.42 Å². The minimum Gasteiger partial charge on any atom is -0.440 e. The normalized spacial score (nSPS) is 14.8. The zero-order valence-electron chi connectivity index (χ0n) is 27.2. The topological polar surface area (TPSA) is 50.5 Å². The van der Waals surface area contributed by atoms with E-state index in [1.807, 2.05) is 6.07 Å². The second-order valence-electron chi connectivity index (χ2n) is 13.3. The van der Waals surface area contributed by atoms with Crippen molar-refractivity contribution in [2.45, 2.75) is 60.8 Å². The Bertz CT molecular complexity index is 2060. The molecule has 1 aliphatic heterocycles. The number of fused-ring (bicyclic) bond motifs is 3. The van der Waals surface area contributed by atoms with Crippen molar-refractivity contribution in [1.29, 1.82) is 0 Å². The van der Waals surface area contributed by atoms with Crippen molar-refractivity contribution in [3.63, 3.8) is 0 Å². The first kappa shape index (κ1) is 28.8. The third-order valence-corrected chi connectivity index (χ3v) is 9.54. The van der Waals surface area contributed by atoms with E-state index in [0.29, 0.717) is 22.8 Å². The van der Waals surface area contributed by atoms with Gasteiger partial charge in [0, 0.05) is 22.1 Å². The van der Waals surface area contributed by atoms with Crippen LogP contribution in [0.3, 0.4) is 0 Å². The highest BCUT2D eigenvalue weighted by Crippen LogP contribution is 2.55. The van der Waals surface area contributed by atoms with Gasteiger partial charge in [0.15, 0.2) is 11.6 Å². The monoisotopic (exact) mass is 591 g/mol. The Labute approximate surface area is 265 Å². The van der Waals surface area contributed by atoms with Gasteiger partial charge in [0.25, 0.3) is 0 Å². The van der Waals surface area contributed by atoms with E-state index in [1.165, 1.54) is 38.9 Å². The van der Waals surface area contributed by atoms with Crippen LogP contribution in [0.15, 0.2) is 82.8 Å². The average molecular weight is 592 g/mol. The molecule has 0 unspecified atom stereocenters. The first-order valence-corrected chi connectivity index (χ1v) is 15.5. The van der Waals surface area contributed by atoms with E-state index in [2.05, 4.69) is 103 Å². The van der Waals surface area contributed by atoms with Gasteiger partial charge >= 0.3 is 0 Å². The minimum absolute atomic E-state index is 0.138. The molecule has 0 fully saturated rings. The molecule has 0 bridgehead atoms. The van der Waals surface area contributed by atoms with Gasteiger partial charge in [0.05, 0.1) is 16.9 Å². The molecule has 7 rings (SSSR count). The predicted molar refractivity (Wildman–Crippen MR) is 182 cm³/mol. The fourth-order valence-electron chi connectivity index (χ4n) is 7.65. The number of hydrogen-bond donors (Lipinski definition) is 0. The fourth-order valence-corrected chi connectivity index (χ4v) is 7.65. The number of rotatable bonds is 3. The highest BCUT2D eigenvalue weighted by molar-refractivity contribution is 6.41. The smallest absolute Gasteiger partial charge is 0.209 e. The lowest BCUT2D eigenvalue weighted by atomic mass is 9.74. The number of hydrogen-bond acceptors (Lipinski definition) is 4. The summed E-state index contributed by atoms with van der Waals surface area (Å²) in [5.74, 6) is 0.676. The molecule has 5 aromatic rings. The molecule has 0 saturated heterocycles. The molecule has 2 aliphatic rings. The van der Waals surface area contributed by atoms with Crippen molar-refractivity contribution in [1.82, 2.24) is 0 Å². The third-order valence-electron chi connectivity index (χ3n) is 9.54. The second kappa shape index (κ2) is 10.0. The summed E-state index contributed by atoms with van der Waals surface area (Å²) in [5.41, 5.74) is 14.6. The van der Waals surface area contributed by atoms with E-state index < -0.39 is 5.41 Å². The summed E-state index contributed by atoms with van der Waals surface area (Å²) in [5, 5.41) is 0. The van der Waals surface area contributed by atoms with Gasteiger partial charge in [-0.25, -0.2) is 0 Å². The van der Waals surface area contributed by atoms with Crippen molar-refractivity contribution >= 4 is 34.9 Å². The maximum atomic E-state index is 13.3. The summed E-state index contributed by atoms with van der Waals surface area (Å²) in [6.45, 7) is 17.4. The van der Waals surface area contributed by atoms with E-state index in [1.54, 1.807) is 30.3 Å². The van der Waals surface area contributed by atoms with Gasteiger partial charge in [-0.3, -0.25) is 14.5 Å². The number of allylic oxidation sites excluding steroid dienone is 1. The number of ketones is 2. The molecule has 224 valence electrons. The van der Waals surface area contributed by atoms with Crippen molar-refractivity contribution in [3.8, 4) is 11.1 Å². The second-order valence-corrected chi connectivity index (χ2v) is 13.3. The van der Waals surface area contributed by atoms with E-state index in [4.69, 9.17) is 4.42 Å². The first-order chi connectivity index (χ1) is 21.4. The molecule has 0 spiro atoms. The van der Waals surface area contributed by atoms with Crippen LogP contribution >= 0.6 is 0 Å². The lowest BCUT2D eigenvalue weighted by Gasteiger charge is -2.40. The van der Waals surface area contributed by atoms with Crippen LogP contribution in [0.2, 0.25) is 0 Å². The molecule has 1 aliphatic carbocycles. The number of nitrogens with zero attached hydrogens (tertiary/aromatic N) is 1. The molecule has 4 nitrogen and oxygen atoms in total. The van der Waals surface area contributed by atoms with Gasteiger partial charge in [-0.2, -0.15) is 0 Å². The standard InChI is InChI=1S/C41H37NO3/c1-22-15-24(3)36(25(4)16-22)28-13-14-35-33(19-28)41(7,8)34-21-29(20-32-38(43)30-11-9-10-12-31(30)39(32)44)45-40(34)42(35)37-26(5)17-23(2)18-27(37)6/h9-21H,1-8H3. The molecular formula is C41H37NO3. The third kappa shape index (κ3) is 4.34. The summed E-state index contributed by atoms with van der Waals surface area (Å²) in [6.07, 6.45) is 1.63. The Balaban J connectivity index is 1.46. The summed E-state index contributed by atoms with van der Waals surface area (Å²) in [6, 6.07) is 24.7. The highest BCUT2D eigenvalue weighted by Gasteiger charge is 2.41. The van der Waals surface area contributed by atoms with Gasteiger partial charge in [-0.1, -0.05) is 79.6 Å². The number of benzene rings is 4. The number of anilines is 3. The molecule has 0 saturated carbocycles. The summed E-state index contributed by atoms with van der Waals surface area (Å²) in [7, 11) is 0. The molecule has 45 heavy (non-hydrogen) atoms. The molecule has 4 aromatic carbocycles. The van der Waals surface area contributed by atoms with Crippen LogP contribution in [0.25, 0.3) is 17.2 Å². The van der Waals surface area contributed by atoms with Crippen LogP contribution in [0, 0.1) is 41.5 Å². The highest BCUT2D eigenvalue weighted by atomic mass is 16.4. The Morgan fingerprint density at radius 1 is 0.667 bits per heavy atom. The van der Waals surface area contributed by atoms with Gasteiger partial charge in [0.1, 0.15) is 5.76 Å². The maximum absolute atomic E-state index is 13.3. The molecule has 0 N–H and O–H groups in total. The Morgan fingerprint density at radius 2 is 1.22 bits per heavy atom. The van der Waals surface area contributed by atoms with Gasteiger partial charge in [0.2, 0.25) is 5.88 Å². The summed E-state index contributed by atoms with van der Waals surface area (Å²) < 4.78 is 6.67. The molecule has 0 radical (unpaired) electrons. The van der Waals surface area contributed by atoms with Gasteiger partial charge in [-0.15, -0.1) is 0 Å². The van der Waals surface area contributed by atoms with Gasteiger partial charge in [-0.05, 0) is 105 Å².